The molecule has 0 saturated carbocycles. The first-order valence-corrected chi connectivity index (χ1v) is 19.3. The van der Waals surface area contributed by atoms with Crippen LogP contribution in [0.4, 0.5) is 0 Å². The Hall–Kier alpha value is -7.49. The first-order valence-electron chi connectivity index (χ1n) is 19.3. The summed E-state index contributed by atoms with van der Waals surface area (Å²) in [4.78, 5) is 14.3. The minimum Gasteiger partial charge on any atom is -0.280 e. The molecule has 0 aliphatic heterocycles. The SMILES string of the molecule is C=N/C(=C\C(=NCc1ccc2c3ccccc3c3ccccc3c2c1)c1cccc(-c2cc3ccccc3c3ccccc23)c1)c1cccc(-c2cccnc2)c1. The lowest BCUT2D eigenvalue weighted by molar-refractivity contribution is 1.07. The van der Waals surface area contributed by atoms with Crippen molar-refractivity contribution in [1.29, 1.82) is 0 Å². The molecule has 1 heterocycles. The van der Waals surface area contributed by atoms with E-state index in [1.807, 2.05) is 12.3 Å². The van der Waals surface area contributed by atoms with Crippen LogP contribution in [0.25, 0.3) is 81.8 Å². The molecule has 0 fully saturated rings. The number of rotatable bonds is 8. The third-order valence-electron chi connectivity index (χ3n) is 11.1. The zero-order valence-corrected chi connectivity index (χ0v) is 31.3. The van der Waals surface area contributed by atoms with Crippen LogP contribution in [-0.2, 0) is 6.54 Å². The fourth-order valence-electron chi connectivity index (χ4n) is 8.33. The maximum absolute atomic E-state index is 5.40. The molecule has 10 rings (SSSR count). The van der Waals surface area contributed by atoms with E-state index in [9.17, 15) is 0 Å². The van der Waals surface area contributed by atoms with Gasteiger partial charge in [0, 0.05) is 29.1 Å². The number of hydrogen-bond acceptors (Lipinski definition) is 3. The number of nitrogens with zero attached hydrogens (tertiary/aromatic N) is 3. The third-order valence-corrected chi connectivity index (χ3v) is 11.1. The summed E-state index contributed by atoms with van der Waals surface area (Å²) in [5.41, 5.74) is 9.11. The number of pyridine rings is 1. The van der Waals surface area contributed by atoms with Crippen LogP contribution in [0.2, 0.25) is 0 Å². The summed E-state index contributed by atoms with van der Waals surface area (Å²) in [6.45, 7) is 4.53. The van der Waals surface area contributed by atoms with E-state index in [4.69, 9.17) is 4.99 Å². The molecule has 3 heteroatoms. The third kappa shape index (κ3) is 6.35. The van der Waals surface area contributed by atoms with Crippen LogP contribution in [0.15, 0.2) is 210 Å². The van der Waals surface area contributed by atoms with E-state index in [1.54, 1.807) is 6.20 Å². The average Bonchev–Trinajstić information content (AvgIpc) is 3.29. The lowest BCUT2D eigenvalue weighted by atomic mass is 9.92. The van der Waals surface area contributed by atoms with Gasteiger partial charge in [-0.3, -0.25) is 15.0 Å². The highest BCUT2D eigenvalue weighted by Gasteiger charge is 2.13. The highest BCUT2D eigenvalue weighted by molar-refractivity contribution is 6.25. The van der Waals surface area contributed by atoms with Gasteiger partial charge in [0.1, 0.15) is 0 Å². The van der Waals surface area contributed by atoms with E-state index in [-0.39, 0.29) is 0 Å². The Morgan fingerprint density at radius 1 is 0.474 bits per heavy atom. The lowest BCUT2D eigenvalue weighted by Gasteiger charge is -2.13. The predicted molar refractivity (Wildman–Crippen MR) is 243 cm³/mol. The number of aromatic nitrogens is 1. The van der Waals surface area contributed by atoms with Gasteiger partial charge in [-0.15, -0.1) is 0 Å². The van der Waals surface area contributed by atoms with E-state index < -0.39 is 0 Å². The van der Waals surface area contributed by atoms with E-state index in [1.165, 1.54) is 59.4 Å². The molecule has 0 aliphatic carbocycles. The van der Waals surface area contributed by atoms with E-state index in [0.29, 0.717) is 6.54 Å². The molecule has 0 spiro atoms. The van der Waals surface area contributed by atoms with Crippen LogP contribution in [0, 0.1) is 0 Å². The van der Waals surface area contributed by atoms with Gasteiger partial charge in [-0.25, -0.2) is 0 Å². The summed E-state index contributed by atoms with van der Waals surface area (Å²) in [5, 5.41) is 12.5. The molecule has 0 bridgehead atoms. The Labute approximate surface area is 331 Å². The molecule has 0 saturated heterocycles. The highest BCUT2D eigenvalue weighted by atomic mass is 14.8. The van der Waals surface area contributed by atoms with Crippen molar-refractivity contribution in [2.24, 2.45) is 9.98 Å². The number of aliphatic imine (C=N–C) groups is 2. The van der Waals surface area contributed by atoms with Crippen LogP contribution in [0.5, 0.6) is 0 Å². The van der Waals surface area contributed by atoms with Crippen molar-refractivity contribution < 1.29 is 0 Å². The van der Waals surface area contributed by atoms with Crippen LogP contribution in [0.1, 0.15) is 16.7 Å². The minimum absolute atomic E-state index is 0.492. The van der Waals surface area contributed by atoms with E-state index in [2.05, 4.69) is 199 Å². The maximum Gasteiger partial charge on any atom is 0.0716 e. The molecule has 0 N–H and O–H groups in total. The van der Waals surface area contributed by atoms with Gasteiger partial charge >= 0.3 is 0 Å². The molecule has 0 unspecified atom stereocenters. The second kappa shape index (κ2) is 14.6. The van der Waals surface area contributed by atoms with Crippen LogP contribution < -0.4 is 0 Å². The number of allylic oxidation sites excluding steroid dienone is 1. The first kappa shape index (κ1) is 34.0. The van der Waals surface area contributed by atoms with Gasteiger partial charge < -0.3 is 0 Å². The summed E-state index contributed by atoms with van der Waals surface area (Å²) in [6, 6.07) is 65.0. The molecule has 0 atom stereocenters. The second-order valence-electron chi connectivity index (χ2n) is 14.5. The first-order chi connectivity index (χ1) is 28.2. The number of benzene rings is 9. The molecule has 9 aromatic carbocycles. The molecule has 268 valence electrons. The molecule has 3 nitrogen and oxygen atoms in total. The molecule has 0 amide bonds. The molecule has 10 aromatic rings. The normalized spacial score (nSPS) is 12.2. The van der Waals surface area contributed by atoms with Gasteiger partial charge in [0.05, 0.1) is 18.0 Å². The quantitative estimate of drug-likeness (QED) is 0.113. The Kier molecular flexibility index (Phi) is 8.74. The van der Waals surface area contributed by atoms with Gasteiger partial charge in [-0.2, -0.15) is 0 Å². The highest BCUT2D eigenvalue weighted by Crippen LogP contribution is 2.37. The zero-order chi connectivity index (χ0) is 38.1. The standard InChI is InChI=1S/C54H37N3/c1-55-53(40-16-10-14-37(30-40)42-18-12-28-56-35-42)33-54(41-17-11-15-38(31-41)51-32-39-13-2-3-19-43(39)44-20-4-8-24-48(44)51)57-34-36-26-27-50-47-23-6-5-21-45(47)46-22-7-9-25-49(46)52(50)29-36/h2-33,35H,1,34H2/b53-33-,57-54?. The molecule has 57 heavy (non-hydrogen) atoms. The molecule has 0 radical (unpaired) electrons. The lowest BCUT2D eigenvalue weighted by Crippen LogP contribution is -2.01. The summed E-state index contributed by atoms with van der Waals surface area (Å²) in [6.07, 6.45) is 5.76. The topological polar surface area (TPSA) is 37.6 Å². The molecule has 1 aromatic heterocycles. The fraction of sp³-hybridized carbons (Fsp3) is 0.0185. The van der Waals surface area contributed by atoms with Gasteiger partial charge in [-0.1, -0.05) is 152 Å². The van der Waals surface area contributed by atoms with E-state index >= 15 is 0 Å². The Morgan fingerprint density at radius 2 is 1.05 bits per heavy atom. The Balaban J connectivity index is 1.12. The van der Waals surface area contributed by atoms with Crippen molar-refractivity contribution >= 4 is 72.0 Å². The van der Waals surface area contributed by atoms with Crippen molar-refractivity contribution in [2.75, 3.05) is 0 Å². The molecular weight excluding hydrogens is 691 g/mol. The second-order valence-corrected chi connectivity index (χ2v) is 14.5. The van der Waals surface area contributed by atoms with Crippen molar-refractivity contribution in [2.45, 2.75) is 6.54 Å². The van der Waals surface area contributed by atoms with Gasteiger partial charge in [0.2, 0.25) is 0 Å². The van der Waals surface area contributed by atoms with Crippen molar-refractivity contribution in [3.63, 3.8) is 0 Å². The smallest absolute Gasteiger partial charge is 0.0716 e. The van der Waals surface area contributed by atoms with Gasteiger partial charge in [0.15, 0.2) is 0 Å². The summed E-state index contributed by atoms with van der Waals surface area (Å²) < 4.78 is 0. The summed E-state index contributed by atoms with van der Waals surface area (Å²) >= 11 is 0. The number of fused-ring (bicyclic) bond motifs is 9. The van der Waals surface area contributed by atoms with Crippen molar-refractivity contribution in [1.82, 2.24) is 4.98 Å². The average molecular weight is 728 g/mol. The van der Waals surface area contributed by atoms with Crippen LogP contribution >= 0.6 is 0 Å². The van der Waals surface area contributed by atoms with Crippen molar-refractivity contribution in [3.05, 3.63) is 217 Å². The largest absolute Gasteiger partial charge is 0.280 e. The van der Waals surface area contributed by atoms with Gasteiger partial charge in [0.25, 0.3) is 0 Å². The Bertz CT molecular complexity index is 3190. The maximum atomic E-state index is 5.40. The fourth-order valence-corrected chi connectivity index (χ4v) is 8.33. The van der Waals surface area contributed by atoms with Crippen LogP contribution in [0.3, 0.4) is 0 Å². The monoisotopic (exact) mass is 727 g/mol. The Morgan fingerprint density at radius 3 is 1.75 bits per heavy atom. The minimum atomic E-state index is 0.492. The zero-order valence-electron chi connectivity index (χ0n) is 31.3. The van der Waals surface area contributed by atoms with Gasteiger partial charge in [-0.05, 0) is 119 Å². The van der Waals surface area contributed by atoms with Crippen molar-refractivity contribution in [3.8, 4) is 22.3 Å². The summed E-state index contributed by atoms with van der Waals surface area (Å²) in [7, 11) is 0. The molecular formula is C54H37N3. The van der Waals surface area contributed by atoms with Crippen LogP contribution in [-0.4, -0.2) is 17.4 Å². The molecule has 0 aliphatic rings. The van der Waals surface area contributed by atoms with E-state index in [0.717, 1.165) is 44.8 Å². The number of hydrogen-bond donors (Lipinski definition) is 0. The summed E-state index contributed by atoms with van der Waals surface area (Å²) in [5.74, 6) is 0. The predicted octanol–water partition coefficient (Wildman–Crippen LogP) is 13.9.